The standard InChI is InChI=1S/C25H25F2N5O2/c1-29-24(34)25(29)7-11-30(12-8-25)23(33)19-15-28-32-10-6-17(14-22(19)32)31-9-2-3-21(31)18-13-16(26)4-5-20(18)27/h4-6,10,13-15,21H,2-3,7-9,11-12H2,1H3/t21-,29?/m1/s1. The topological polar surface area (TPSA) is 60.9 Å². The summed E-state index contributed by atoms with van der Waals surface area (Å²) in [5.41, 5.74) is 2.00. The number of likely N-dealkylation sites (tertiary alicyclic amines) is 1. The summed E-state index contributed by atoms with van der Waals surface area (Å²) < 4.78 is 30.0. The van der Waals surface area contributed by atoms with Gasteiger partial charge in [0.2, 0.25) is 5.91 Å². The fourth-order valence-electron chi connectivity index (χ4n) is 5.70. The van der Waals surface area contributed by atoms with E-state index in [9.17, 15) is 18.4 Å². The highest BCUT2D eigenvalue weighted by Gasteiger charge is 2.60. The van der Waals surface area contributed by atoms with Gasteiger partial charge in [0.15, 0.2) is 0 Å². The Labute approximate surface area is 195 Å². The maximum absolute atomic E-state index is 14.5. The van der Waals surface area contributed by atoms with Gasteiger partial charge in [0.25, 0.3) is 5.91 Å². The summed E-state index contributed by atoms with van der Waals surface area (Å²) >= 11 is 0. The Hall–Kier alpha value is -3.49. The molecule has 0 unspecified atom stereocenters. The number of nitrogens with zero attached hydrogens (tertiary/aromatic N) is 5. The molecule has 3 aromatic rings. The van der Waals surface area contributed by atoms with Crippen LogP contribution in [-0.2, 0) is 4.79 Å². The lowest BCUT2D eigenvalue weighted by Crippen LogP contribution is -2.43. The van der Waals surface area contributed by atoms with Crippen LogP contribution in [0.15, 0.2) is 42.7 Å². The third-order valence-corrected chi connectivity index (χ3v) is 7.81. The number of benzene rings is 1. The lowest BCUT2D eigenvalue weighted by molar-refractivity contribution is -0.114. The Kier molecular flexibility index (Phi) is 4.65. The Morgan fingerprint density at radius 3 is 2.62 bits per heavy atom. The highest BCUT2D eigenvalue weighted by Crippen LogP contribution is 2.42. The summed E-state index contributed by atoms with van der Waals surface area (Å²) in [6.07, 6.45) is 6.24. The van der Waals surface area contributed by atoms with Gasteiger partial charge in [0.1, 0.15) is 17.2 Å². The van der Waals surface area contributed by atoms with E-state index in [4.69, 9.17) is 0 Å². The van der Waals surface area contributed by atoms with Gasteiger partial charge < -0.3 is 14.7 Å². The molecule has 0 radical (unpaired) electrons. The number of likely N-dealkylation sites (N-methyl/N-ethyl adjacent to an activating group) is 1. The summed E-state index contributed by atoms with van der Waals surface area (Å²) in [4.78, 5) is 30.9. The second-order valence-electron chi connectivity index (χ2n) is 9.48. The molecule has 2 aromatic heterocycles. The van der Waals surface area contributed by atoms with Crippen LogP contribution in [0, 0.1) is 11.6 Å². The van der Waals surface area contributed by atoms with Crippen LogP contribution in [0.5, 0.6) is 0 Å². The van der Waals surface area contributed by atoms with Crippen molar-refractivity contribution >= 4 is 23.0 Å². The molecule has 3 fully saturated rings. The van der Waals surface area contributed by atoms with E-state index >= 15 is 0 Å². The van der Waals surface area contributed by atoms with Gasteiger partial charge in [-0.3, -0.25) is 9.59 Å². The Bertz CT molecular complexity index is 1310. The van der Waals surface area contributed by atoms with Crippen LogP contribution < -0.4 is 4.90 Å². The molecule has 0 saturated carbocycles. The van der Waals surface area contributed by atoms with E-state index in [1.165, 1.54) is 12.1 Å². The molecule has 0 aliphatic carbocycles. The molecule has 0 bridgehead atoms. The van der Waals surface area contributed by atoms with Gasteiger partial charge in [-0.2, -0.15) is 5.10 Å². The second-order valence-corrected chi connectivity index (χ2v) is 9.48. The summed E-state index contributed by atoms with van der Waals surface area (Å²) in [7, 11) is 1.81. The number of aromatic nitrogens is 2. The maximum atomic E-state index is 14.5. The van der Waals surface area contributed by atoms with Crippen molar-refractivity contribution in [1.82, 2.24) is 19.4 Å². The predicted molar refractivity (Wildman–Crippen MR) is 122 cm³/mol. The van der Waals surface area contributed by atoms with Gasteiger partial charge in [-0.1, -0.05) is 0 Å². The molecule has 7 nitrogen and oxygen atoms in total. The molecule has 3 saturated heterocycles. The Balaban J connectivity index is 1.28. The van der Waals surface area contributed by atoms with Gasteiger partial charge in [-0.05, 0) is 56.0 Å². The highest BCUT2D eigenvalue weighted by atomic mass is 19.1. The fraction of sp³-hybridized carbons (Fsp3) is 0.400. The first-order chi connectivity index (χ1) is 16.4. The molecule has 6 rings (SSSR count). The fourth-order valence-corrected chi connectivity index (χ4v) is 5.70. The van der Waals surface area contributed by atoms with Crippen molar-refractivity contribution < 1.29 is 18.4 Å². The van der Waals surface area contributed by atoms with Gasteiger partial charge in [-0.25, -0.2) is 13.3 Å². The monoisotopic (exact) mass is 465 g/mol. The van der Waals surface area contributed by atoms with Crippen molar-refractivity contribution in [3.63, 3.8) is 0 Å². The number of hydrogen-bond donors (Lipinski definition) is 0. The SMILES string of the molecule is CN1C(=O)C12CCN(C(=O)c1cnn3ccc(N4CCC[C@@H]4c4cc(F)ccc4F)cc13)CC2. The zero-order valence-electron chi connectivity index (χ0n) is 18.9. The smallest absolute Gasteiger partial charge is 0.257 e. The highest BCUT2D eigenvalue weighted by molar-refractivity contribution is 6.03. The lowest BCUT2D eigenvalue weighted by Gasteiger charge is -2.31. The number of hydrogen-bond acceptors (Lipinski definition) is 4. The van der Waals surface area contributed by atoms with E-state index < -0.39 is 11.6 Å². The van der Waals surface area contributed by atoms with Gasteiger partial charge in [-0.15, -0.1) is 0 Å². The molecule has 0 N–H and O–H groups in total. The average Bonchev–Trinajstić information content (AvgIpc) is 3.29. The number of piperidine rings is 1. The second kappa shape index (κ2) is 7.51. The number of carbonyl (C=O) groups is 2. The van der Waals surface area contributed by atoms with E-state index in [0.29, 0.717) is 49.1 Å². The third-order valence-electron chi connectivity index (χ3n) is 7.81. The molecular formula is C25H25F2N5O2. The first kappa shape index (κ1) is 21.1. The zero-order chi connectivity index (χ0) is 23.6. The first-order valence-electron chi connectivity index (χ1n) is 11.7. The van der Waals surface area contributed by atoms with Crippen LogP contribution in [0.2, 0.25) is 0 Å². The van der Waals surface area contributed by atoms with Gasteiger partial charge >= 0.3 is 0 Å². The first-order valence-corrected chi connectivity index (χ1v) is 11.7. The summed E-state index contributed by atoms with van der Waals surface area (Å²) in [6, 6.07) is 7.10. The van der Waals surface area contributed by atoms with Crippen molar-refractivity contribution in [3.05, 3.63) is 65.5 Å². The summed E-state index contributed by atoms with van der Waals surface area (Å²) in [5.74, 6) is -0.811. The Morgan fingerprint density at radius 2 is 1.88 bits per heavy atom. The Morgan fingerprint density at radius 1 is 1.12 bits per heavy atom. The van der Waals surface area contributed by atoms with Crippen molar-refractivity contribution in [2.24, 2.45) is 0 Å². The molecule has 1 aromatic carbocycles. The maximum Gasteiger partial charge on any atom is 0.257 e. The quantitative estimate of drug-likeness (QED) is 0.557. The van der Waals surface area contributed by atoms with Crippen LogP contribution in [-0.4, -0.2) is 63.4 Å². The van der Waals surface area contributed by atoms with E-state index in [0.717, 1.165) is 24.6 Å². The molecule has 1 spiro atoms. The number of halogens is 2. The summed E-state index contributed by atoms with van der Waals surface area (Å²) in [5, 5.41) is 4.35. The lowest BCUT2D eigenvalue weighted by atomic mass is 9.95. The van der Waals surface area contributed by atoms with Crippen LogP contribution in [0.4, 0.5) is 14.5 Å². The normalized spacial score (nSPS) is 21.7. The minimum atomic E-state index is -0.454. The largest absolute Gasteiger partial charge is 0.364 e. The van der Waals surface area contributed by atoms with Gasteiger partial charge in [0, 0.05) is 44.1 Å². The van der Waals surface area contributed by atoms with Crippen LogP contribution >= 0.6 is 0 Å². The molecule has 1 atom stereocenters. The third kappa shape index (κ3) is 3.09. The van der Waals surface area contributed by atoms with Crippen molar-refractivity contribution in [3.8, 4) is 0 Å². The number of amides is 2. The number of pyridine rings is 1. The van der Waals surface area contributed by atoms with E-state index in [1.807, 2.05) is 19.2 Å². The van der Waals surface area contributed by atoms with Crippen molar-refractivity contribution in [2.45, 2.75) is 37.3 Å². The van der Waals surface area contributed by atoms with Crippen LogP contribution in [0.25, 0.3) is 5.52 Å². The molecule has 176 valence electrons. The van der Waals surface area contributed by atoms with Gasteiger partial charge in [0.05, 0.1) is 23.3 Å². The predicted octanol–water partition coefficient (Wildman–Crippen LogP) is 3.40. The molecule has 3 aliphatic rings. The number of anilines is 1. The van der Waals surface area contributed by atoms with Crippen molar-refractivity contribution in [1.29, 1.82) is 0 Å². The van der Waals surface area contributed by atoms with E-state index in [2.05, 4.69) is 10.00 Å². The van der Waals surface area contributed by atoms with E-state index in [1.54, 1.807) is 26.7 Å². The van der Waals surface area contributed by atoms with Crippen LogP contribution in [0.1, 0.15) is 47.6 Å². The minimum absolute atomic E-state index is 0.105. The summed E-state index contributed by atoms with van der Waals surface area (Å²) in [6.45, 7) is 1.77. The molecule has 2 amide bonds. The number of fused-ring (bicyclic) bond motifs is 1. The molecule has 34 heavy (non-hydrogen) atoms. The average molecular weight is 466 g/mol. The molecule has 9 heteroatoms. The molecule has 3 aliphatic heterocycles. The molecular weight excluding hydrogens is 440 g/mol. The number of carbonyl (C=O) groups excluding carboxylic acids is 2. The van der Waals surface area contributed by atoms with E-state index in [-0.39, 0.29) is 23.4 Å². The zero-order valence-corrected chi connectivity index (χ0v) is 18.9. The number of rotatable bonds is 3. The van der Waals surface area contributed by atoms with Crippen LogP contribution in [0.3, 0.4) is 0 Å². The molecule has 5 heterocycles. The van der Waals surface area contributed by atoms with Crippen molar-refractivity contribution in [2.75, 3.05) is 31.6 Å². The minimum Gasteiger partial charge on any atom is -0.364 e.